The molecule has 1 aliphatic rings. The molecule has 0 radical (unpaired) electrons. The fourth-order valence-electron chi connectivity index (χ4n) is 2.79. The molecule has 0 spiro atoms. The Hall–Kier alpha value is -1.51. The second-order valence-corrected chi connectivity index (χ2v) is 7.61. The fourth-order valence-corrected chi connectivity index (χ4v) is 3.82. The molecule has 0 atom stereocenters. The summed E-state index contributed by atoms with van der Waals surface area (Å²) in [4.78, 5) is 11.9. The number of halogens is 1. The van der Waals surface area contributed by atoms with Crippen LogP contribution >= 0.6 is 0 Å². The molecule has 1 aliphatic carbocycles. The zero-order valence-corrected chi connectivity index (χ0v) is 13.7. The molecule has 2 rings (SSSR count). The first kappa shape index (κ1) is 17.8. The SMILES string of the molecule is NCC1(NC(=O)CCNS(=O)(=O)c2ccc(F)cc2)CCCC1. The maximum Gasteiger partial charge on any atom is 0.240 e. The maximum atomic E-state index is 12.8. The van der Waals surface area contributed by atoms with Gasteiger partial charge >= 0.3 is 0 Å². The topological polar surface area (TPSA) is 101 Å². The van der Waals surface area contributed by atoms with Crippen molar-refractivity contribution in [1.82, 2.24) is 10.0 Å². The molecular formula is C15H22FN3O3S. The minimum atomic E-state index is -3.74. The Balaban J connectivity index is 1.84. The molecule has 4 N–H and O–H groups in total. The van der Waals surface area contributed by atoms with Crippen LogP contribution in [-0.4, -0.2) is 33.0 Å². The second kappa shape index (κ2) is 7.37. The molecule has 1 aromatic carbocycles. The molecule has 23 heavy (non-hydrogen) atoms. The van der Waals surface area contributed by atoms with Crippen molar-refractivity contribution >= 4 is 15.9 Å². The third-order valence-corrected chi connectivity index (χ3v) is 5.60. The van der Waals surface area contributed by atoms with Gasteiger partial charge in [0.1, 0.15) is 5.82 Å². The van der Waals surface area contributed by atoms with Crippen LogP contribution in [0.15, 0.2) is 29.2 Å². The Labute approximate surface area is 135 Å². The predicted molar refractivity (Wildman–Crippen MR) is 84.6 cm³/mol. The van der Waals surface area contributed by atoms with Crippen LogP contribution in [0.5, 0.6) is 0 Å². The summed E-state index contributed by atoms with van der Waals surface area (Å²) in [6.07, 6.45) is 3.82. The van der Waals surface area contributed by atoms with Gasteiger partial charge in [-0.25, -0.2) is 17.5 Å². The number of carbonyl (C=O) groups excluding carboxylic acids is 1. The average Bonchev–Trinajstić information content (AvgIpc) is 2.96. The van der Waals surface area contributed by atoms with Crippen molar-refractivity contribution in [2.24, 2.45) is 5.73 Å². The van der Waals surface area contributed by atoms with E-state index in [9.17, 15) is 17.6 Å². The lowest BCUT2D eigenvalue weighted by atomic mass is 9.97. The van der Waals surface area contributed by atoms with Crippen molar-refractivity contribution in [2.45, 2.75) is 42.5 Å². The highest BCUT2D eigenvalue weighted by Gasteiger charge is 2.33. The molecule has 0 saturated heterocycles. The van der Waals surface area contributed by atoms with Gasteiger partial charge in [-0.2, -0.15) is 0 Å². The molecule has 0 heterocycles. The summed E-state index contributed by atoms with van der Waals surface area (Å²) < 4.78 is 39.2. The third kappa shape index (κ3) is 4.73. The van der Waals surface area contributed by atoms with Crippen LogP contribution in [0.25, 0.3) is 0 Å². The Morgan fingerprint density at radius 1 is 1.22 bits per heavy atom. The van der Waals surface area contributed by atoms with E-state index in [4.69, 9.17) is 5.73 Å². The van der Waals surface area contributed by atoms with E-state index in [1.165, 1.54) is 12.1 Å². The van der Waals surface area contributed by atoms with E-state index in [0.717, 1.165) is 37.8 Å². The third-order valence-electron chi connectivity index (χ3n) is 4.12. The van der Waals surface area contributed by atoms with Crippen molar-refractivity contribution in [3.63, 3.8) is 0 Å². The van der Waals surface area contributed by atoms with Crippen molar-refractivity contribution in [1.29, 1.82) is 0 Å². The molecule has 0 aromatic heterocycles. The van der Waals surface area contributed by atoms with E-state index in [1.807, 2.05) is 0 Å². The van der Waals surface area contributed by atoms with E-state index in [-0.39, 0.29) is 29.3 Å². The van der Waals surface area contributed by atoms with Gasteiger partial charge in [-0.15, -0.1) is 0 Å². The van der Waals surface area contributed by atoms with Crippen LogP contribution in [0.4, 0.5) is 4.39 Å². The molecule has 0 unspecified atom stereocenters. The number of hydrogen-bond acceptors (Lipinski definition) is 4. The highest BCUT2D eigenvalue weighted by atomic mass is 32.2. The first-order chi connectivity index (χ1) is 10.9. The molecule has 1 aromatic rings. The molecule has 1 amide bonds. The highest BCUT2D eigenvalue weighted by molar-refractivity contribution is 7.89. The van der Waals surface area contributed by atoms with Gasteiger partial charge in [-0.1, -0.05) is 12.8 Å². The Kier molecular flexibility index (Phi) is 5.72. The van der Waals surface area contributed by atoms with Crippen LogP contribution in [-0.2, 0) is 14.8 Å². The smallest absolute Gasteiger partial charge is 0.240 e. The van der Waals surface area contributed by atoms with Gasteiger partial charge in [0.15, 0.2) is 0 Å². The first-order valence-corrected chi connectivity index (χ1v) is 9.12. The summed E-state index contributed by atoms with van der Waals surface area (Å²) in [5.41, 5.74) is 5.41. The van der Waals surface area contributed by atoms with Crippen LogP contribution < -0.4 is 15.8 Å². The van der Waals surface area contributed by atoms with Gasteiger partial charge in [-0.3, -0.25) is 4.79 Å². The summed E-state index contributed by atoms with van der Waals surface area (Å²) in [5, 5.41) is 2.93. The number of sulfonamides is 1. The van der Waals surface area contributed by atoms with Crippen LogP contribution in [0.3, 0.4) is 0 Å². The van der Waals surface area contributed by atoms with E-state index >= 15 is 0 Å². The zero-order valence-electron chi connectivity index (χ0n) is 12.8. The molecule has 1 saturated carbocycles. The first-order valence-electron chi connectivity index (χ1n) is 7.63. The molecule has 128 valence electrons. The molecular weight excluding hydrogens is 321 g/mol. The summed E-state index contributed by atoms with van der Waals surface area (Å²) in [7, 11) is -3.74. The Morgan fingerprint density at radius 2 is 1.83 bits per heavy atom. The van der Waals surface area contributed by atoms with Crippen LogP contribution in [0.1, 0.15) is 32.1 Å². The number of nitrogens with two attached hydrogens (primary N) is 1. The van der Waals surface area contributed by atoms with Gasteiger partial charge < -0.3 is 11.1 Å². The van der Waals surface area contributed by atoms with Gasteiger partial charge in [0.05, 0.1) is 10.4 Å². The fraction of sp³-hybridized carbons (Fsp3) is 0.533. The number of amides is 1. The summed E-state index contributed by atoms with van der Waals surface area (Å²) in [6.45, 7) is 0.367. The van der Waals surface area contributed by atoms with E-state index in [1.54, 1.807) is 0 Å². The minimum absolute atomic E-state index is 0.0216. The van der Waals surface area contributed by atoms with E-state index < -0.39 is 15.8 Å². The number of carbonyl (C=O) groups is 1. The quantitative estimate of drug-likeness (QED) is 0.684. The van der Waals surface area contributed by atoms with E-state index in [2.05, 4.69) is 10.0 Å². The monoisotopic (exact) mass is 343 g/mol. The summed E-state index contributed by atoms with van der Waals surface area (Å²) in [5.74, 6) is -0.730. The lowest BCUT2D eigenvalue weighted by Gasteiger charge is -2.28. The van der Waals surface area contributed by atoms with Crippen molar-refractivity contribution in [2.75, 3.05) is 13.1 Å². The Morgan fingerprint density at radius 3 is 2.39 bits per heavy atom. The molecule has 0 aliphatic heterocycles. The van der Waals surface area contributed by atoms with Crippen LogP contribution in [0, 0.1) is 5.82 Å². The lowest BCUT2D eigenvalue weighted by Crippen LogP contribution is -2.52. The molecule has 6 nitrogen and oxygen atoms in total. The summed E-state index contributed by atoms with van der Waals surface area (Å²) >= 11 is 0. The van der Waals surface area contributed by atoms with Crippen molar-refractivity contribution < 1.29 is 17.6 Å². The van der Waals surface area contributed by atoms with Crippen LogP contribution in [0.2, 0.25) is 0 Å². The zero-order chi connectivity index (χ0) is 16.9. The number of hydrogen-bond donors (Lipinski definition) is 3. The molecule has 8 heteroatoms. The second-order valence-electron chi connectivity index (χ2n) is 5.84. The largest absolute Gasteiger partial charge is 0.349 e. The van der Waals surface area contributed by atoms with Gasteiger partial charge in [0.25, 0.3) is 0 Å². The maximum absolute atomic E-state index is 12.8. The predicted octanol–water partition coefficient (Wildman–Crippen LogP) is 0.882. The standard InChI is InChI=1S/C15H22FN3O3S/c16-12-3-5-13(6-4-12)23(21,22)18-10-7-14(20)19-15(11-17)8-1-2-9-15/h3-6,18H,1-2,7-11,17H2,(H,19,20). The van der Waals surface area contributed by atoms with Crippen molar-refractivity contribution in [3.8, 4) is 0 Å². The lowest BCUT2D eigenvalue weighted by molar-refractivity contribution is -0.122. The molecule has 0 bridgehead atoms. The van der Waals surface area contributed by atoms with Gasteiger partial charge in [0.2, 0.25) is 15.9 Å². The normalized spacial score (nSPS) is 17.1. The Bertz CT molecular complexity index is 640. The minimum Gasteiger partial charge on any atom is -0.349 e. The summed E-state index contributed by atoms with van der Waals surface area (Å²) in [6, 6.07) is 4.51. The number of nitrogens with one attached hydrogen (secondary N) is 2. The van der Waals surface area contributed by atoms with E-state index in [0.29, 0.717) is 6.54 Å². The van der Waals surface area contributed by atoms with Gasteiger partial charge in [-0.05, 0) is 37.1 Å². The van der Waals surface area contributed by atoms with Crippen molar-refractivity contribution in [3.05, 3.63) is 30.1 Å². The molecule has 1 fully saturated rings. The van der Waals surface area contributed by atoms with Gasteiger partial charge in [0, 0.05) is 19.5 Å². The number of benzene rings is 1. The average molecular weight is 343 g/mol. The number of rotatable bonds is 7. The highest BCUT2D eigenvalue weighted by Crippen LogP contribution is 2.28.